The highest BCUT2D eigenvalue weighted by Gasteiger charge is 2.42. The van der Waals surface area contributed by atoms with Crippen molar-refractivity contribution < 1.29 is 19.6 Å². The van der Waals surface area contributed by atoms with Gasteiger partial charge in [0.2, 0.25) is 5.69 Å². The van der Waals surface area contributed by atoms with Crippen LogP contribution in [0.3, 0.4) is 0 Å². The van der Waals surface area contributed by atoms with Crippen LogP contribution in [0.2, 0.25) is 5.02 Å². The summed E-state index contributed by atoms with van der Waals surface area (Å²) in [6, 6.07) is 5.99. The number of aromatic nitrogens is 2. The Labute approximate surface area is 153 Å². The Kier molecular flexibility index (Phi) is 5.31. The maximum atomic E-state index is 12.8. The fourth-order valence-corrected chi connectivity index (χ4v) is 2.93. The van der Waals surface area contributed by atoms with Crippen LogP contribution in [0.15, 0.2) is 24.3 Å². The van der Waals surface area contributed by atoms with Crippen molar-refractivity contribution in [1.82, 2.24) is 15.1 Å². The molecule has 2 rings (SSSR count). The van der Waals surface area contributed by atoms with Gasteiger partial charge in [-0.15, -0.1) is 0 Å². The predicted molar refractivity (Wildman–Crippen MR) is 93.1 cm³/mol. The maximum Gasteiger partial charge on any atom is 0.334 e. The molecule has 1 atom stereocenters. The highest BCUT2D eigenvalue weighted by Crippen LogP contribution is 2.29. The van der Waals surface area contributed by atoms with E-state index in [2.05, 4.69) is 10.4 Å². The number of aryl methyl sites for hydroxylation is 2. The molecule has 138 valence electrons. The van der Waals surface area contributed by atoms with E-state index in [-0.39, 0.29) is 17.8 Å². The van der Waals surface area contributed by atoms with Gasteiger partial charge in [0.05, 0.1) is 4.92 Å². The van der Waals surface area contributed by atoms with Crippen molar-refractivity contribution in [3.05, 3.63) is 56.4 Å². The normalized spacial score (nSPS) is 13.1. The first kappa shape index (κ1) is 19.4. The minimum Gasteiger partial charge on any atom is -0.479 e. The summed E-state index contributed by atoms with van der Waals surface area (Å²) >= 11 is 5.84. The third-order valence-corrected chi connectivity index (χ3v) is 4.40. The zero-order valence-electron chi connectivity index (χ0n) is 14.3. The molecule has 1 aromatic heterocycles. The molecular weight excluding hydrogens is 364 g/mol. The highest BCUT2D eigenvalue weighted by atomic mass is 35.5. The number of benzene rings is 1. The van der Waals surface area contributed by atoms with Gasteiger partial charge in [0.15, 0.2) is 5.54 Å². The summed E-state index contributed by atoms with van der Waals surface area (Å²) in [5, 5.41) is 27.8. The van der Waals surface area contributed by atoms with E-state index in [9.17, 15) is 24.8 Å². The number of nitrogens with zero attached hydrogens (tertiary/aromatic N) is 3. The largest absolute Gasteiger partial charge is 0.479 e. The number of amides is 1. The van der Waals surface area contributed by atoms with Crippen molar-refractivity contribution in [1.29, 1.82) is 0 Å². The van der Waals surface area contributed by atoms with E-state index in [0.717, 1.165) is 4.68 Å². The summed E-state index contributed by atoms with van der Waals surface area (Å²) in [5.41, 5.74) is -2.19. The monoisotopic (exact) mass is 380 g/mol. The number of hydrogen-bond donors (Lipinski definition) is 2. The minimum atomic E-state index is -1.77. The number of carboxylic acid groups (broad SMARTS) is 1. The van der Waals surface area contributed by atoms with Gasteiger partial charge in [-0.1, -0.05) is 30.7 Å². The Balaban J connectivity index is 2.54. The van der Waals surface area contributed by atoms with Crippen LogP contribution < -0.4 is 5.32 Å². The molecule has 26 heavy (non-hydrogen) atoms. The zero-order valence-corrected chi connectivity index (χ0v) is 15.1. The fourth-order valence-electron chi connectivity index (χ4n) is 2.80. The van der Waals surface area contributed by atoms with Crippen LogP contribution in [-0.4, -0.2) is 31.7 Å². The summed E-state index contributed by atoms with van der Waals surface area (Å²) in [6.07, 6.45) is 0.0142. The second-order valence-electron chi connectivity index (χ2n) is 5.69. The Morgan fingerprint density at radius 2 is 1.96 bits per heavy atom. The van der Waals surface area contributed by atoms with Crippen molar-refractivity contribution >= 4 is 29.2 Å². The van der Waals surface area contributed by atoms with Crippen molar-refractivity contribution in [3.63, 3.8) is 0 Å². The molecule has 2 N–H and O–H groups in total. The molecule has 10 heteroatoms. The zero-order chi connectivity index (χ0) is 19.6. The summed E-state index contributed by atoms with van der Waals surface area (Å²) in [7, 11) is 1.38. The average molecular weight is 381 g/mol. The number of carboxylic acids is 1. The molecular formula is C16H17ClN4O5. The topological polar surface area (TPSA) is 127 Å². The number of carbonyl (C=O) groups is 2. The van der Waals surface area contributed by atoms with Gasteiger partial charge in [-0.05, 0) is 31.0 Å². The minimum absolute atomic E-state index is 0.0142. The lowest BCUT2D eigenvalue weighted by Gasteiger charge is -2.29. The first-order valence-electron chi connectivity index (χ1n) is 7.64. The van der Waals surface area contributed by atoms with Crippen molar-refractivity contribution in [2.24, 2.45) is 7.05 Å². The summed E-state index contributed by atoms with van der Waals surface area (Å²) in [5.74, 6) is -2.20. The number of rotatable bonds is 6. The number of nitro groups is 1. The molecule has 0 saturated heterocycles. The number of nitrogens with one attached hydrogen (secondary N) is 1. The van der Waals surface area contributed by atoms with Gasteiger partial charge in [0.25, 0.3) is 5.91 Å². The summed E-state index contributed by atoms with van der Waals surface area (Å²) in [6.45, 7) is 2.99. The number of aliphatic carboxylic acids is 1. The van der Waals surface area contributed by atoms with Gasteiger partial charge in [0, 0.05) is 12.1 Å². The molecule has 0 aliphatic rings. The molecule has 1 heterocycles. The Morgan fingerprint density at radius 1 is 1.38 bits per heavy atom. The number of carbonyl (C=O) groups excluding carboxylic acids is 1. The van der Waals surface area contributed by atoms with Crippen LogP contribution in [0.5, 0.6) is 0 Å². The maximum absolute atomic E-state index is 12.8. The van der Waals surface area contributed by atoms with Crippen LogP contribution in [-0.2, 0) is 17.4 Å². The third-order valence-electron chi connectivity index (χ3n) is 4.15. The Bertz CT molecular complexity index is 878. The van der Waals surface area contributed by atoms with Crippen LogP contribution in [0.1, 0.15) is 35.1 Å². The standard InChI is InChI=1S/C16H17ClN4O5/c1-4-16(15(23)24,10-5-7-11(17)8-6-10)18-14(22)13-12(21(25)26)9(2)19-20(13)3/h5-8H,4H2,1-3H3,(H,18,22)(H,23,24). The van der Waals surface area contributed by atoms with Crippen LogP contribution in [0.25, 0.3) is 0 Å². The molecule has 0 spiro atoms. The molecule has 0 bridgehead atoms. The van der Waals surface area contributed by atoms with Gasteiger partial charge in [-0.2, -0.15) is 5.10 Å². The first-order valence-corrected chi connectivity index (χ1v) is 8.01. The molecule has 9 nitrogen and oxygen atoms in total. The third kappa shape index (κ3) is 3.25. The van der Waals surface area contributed by atoms with E-state index in [4.69, 9.17) is 11.6 Å². The lowest BCUT2D eigenvalue weighted by Crippen LogP contribution is -2.52. The fraction of sp³-hybridized carbons (Fsp3) is 0.312. The smallest absolute Gasteiger partial charge is 0.334 e. The lowest BCUT2D eigenvalue weighted by atomic mass is 9.87. The van der Waals surface area contributed by atoms with Crippen molar-refractivity contribution in [2.75, 3.05) is 0 Å². The second kappa shape index (κ2) is 7.12. The van der Waals surface area contributed by atoms with E-state index in [1.165, 1.54) is 38.2 Å². The quantitative estimate of drug-likeness (QED) is 0.585. The highest BCUT2D eigenvalue weighted by molar-refractivity contribution is 6.30. The SMILES string of the molecule is CCC(NC(=O)c1c([N+](=O)[O-])c(C)nn1C)(C(=O)O)c1ccc(Cl)cc1. The lowest BCUT2D eigenvalue weighted by molar-refractivity contribution is -0.385. The number of hydrogen-bond acceptors (Lipinski definition) is 5. The van der Waals surface area contributed by atoms with Crippen LogP contribution in [0, 0.1) is 17.0 Å². The summed E-state index contributed by atoms with van der Waals surface area (Å²) in [4.78, 5) is 35.3. The van der Waals surface area contributed by atoms with Crippen LogP contribution in [0.4, 0.5) is 5.69 Å². The molecule has 0 fully saturated rings. The Morgan fingerprint density at radius 3 is 2.42 bits per heavy atom. The van der Waals surface area contributed by atoms with Crippen molar-refractivity contribution in [3.8, 4) is 0 Å². The van der Waals surface area contributed by atoms with E-state index in [1.54, 1.807) is 6.92 Å². The van der Waals surface area contributed by atoms with Crippen molar-refractivity contribution in [2.45, 2.75) is 25.8 Å². The molecule has 1 unspecified atom stereocenters. The van der Waals surface area contributed by atoms with Crippen LogP contribution >= 0.6 is 11.6 Å². The predicted octanol–water partition coefficient (Wildman–Crippen LogP) is 2.41. The first-order chi connectivity index (χ1) is 12.1. The Hall–Kier alpha value is -2.94. The summed E-state index contributed by atoms with van der Waals surface area (Å²) < 4.78 is 1.06. The molecule has 0 radical (unpaired) electrons. The van der Waals surface area contributed by atoms with Gasteiger partial charge in [0.1, 0.15) is 5.69 Å². The van der Waals surface area contributed by atoms with Gasteiger partial charge < -0.3 is 10.4 Å². The molecule has 1 aromatic carbocycles. The molecule has 0 aliphatic heterocycles. The average Bonchev–Trinajstić information content (AvgIpc) is 2.87. The van der Waals surface area contributed by atoms with Gasteiger partial charge in [-0.3, -0.25) is 19.6 Å². The van der Waals surface area contributed by atoms with E-state index in [0.29, 0.717) is 10.6 Å². The molecule has 0 saturated carbocycles. The van der Waals surface area contributed by atoms with Gasteiger partial charge in [-0.25, -0.2) is 4.79 Å². The van der Waals surface area contributed by atoms with E-state index < -0.39 is 28.0 Å². The molecule has 0 aliphatic carbocycles. The second-order valence-corrected chi connectivity index (χ2v) is 6.12. The van der Waals surface area contributed by atoms with E-state index >= 15 is 0 Å². The molecule has 1 amide bonds. The van der Waals surface area contributed by atoms with Gasteiger partial charge >= 0.3 is 11.7 Å². The molecule has 2 aromatic rings. The van der Waals surface area contributed by atoms with E-state index in [1.807, 2.05) is 0 Å². The number of halogens is 1.